The van der Waals surface area contributed by atoms with Gasteiger partial charge in [-0.3, -0.25) is 14.5 Å². The summed E-state index contributed by atoms with van der Waals surface area (Å²) in [5, 5.41) is 4.92. The standard InChI is InChI=1S/C19H18ClN3O3S2/c1-11(17(24)21-2)28-19-22-15(10-13-5-4-8-27-13)18(25)23(19)12-6-7-16(26-3)14(20)9-12/h4-11H,1-3H3,(H,21,24)/b15-10-. The third-order valence-corrected chi connectivity index (χ3v) is 6.11. The van der Waals surface area contributed by atoms with E-state index in [0.717, 1.165) is 4.88 Å². The van der Waals surface area contributed by atoms with Gasteiger partial charge < -0.3 is 10.1 Å². The van der Waals surface area contributed by atoms with Crippen LogP contribution in [0.15, 0.2) is 46.4 Å². The van der Waals surface area contributed by atoms with Gasteiger partial charge in [0.15, 0.2) is 5.17 Å². The quantitative estimate of drug-likeness (QED) is 0.720. The minimum atomic E-state index is -0.422. The number of halogens is 1. The Labute approximate surface area is 176 Å². The van der Waals surface area contributed by atoms with Crippen LogP contribution in [0.3, 0.4) is 0 Å². The van der Waals surface area contributed by atoms with Crippen LogP contribution in [-0.2, 0) is 9.59 Å². The fraction of sp³-hybridized carbons (Fsp3) is 0.211. The van der Waals surface area contributed by atoms with Gasteiger partial charge in [-0.25, -0.2) is 4.99 Å². The first-order valence-electron chi connectivity index (χ1n) is 8.34. The van der Waals surface area contributed by atoms with E-state index in [4.69, 9.17) is 16.3 Å². The maximum atomic E-state index is 13.1. The van der Waals surface area contributed by atoms with E-state index in [2.05, 4.69) is 10.3 Å². The van der Waals surface area contributed by atoms with Crippen molar-refractivity contribution in [3.8, 4) is 5.75 Å². The summed E-state index contributed by atoms with van der Waals surface area (Å²) < 4.78 is 5.18. The average molecular weight is 436 g/mol. The van der Waals surface area contributed by atoms with Gasteiger partial charge in [0.25, 0.3) is 5.91 Å². The molecule has 1 aromatic carbocycles. The molecule has 146 valence electrons. The molecule has 0 bridgehead atoms. The molecule has 6 nitrogen and oxygen atoms in total. The Balaban J connectivity index is 2.00. The summed E-state index contributed by atoms with van der Waals surface area (Å²) in [5.41, 5.74) is 0.863. The zero-order chi connectivity index (χ0) is 20.3. The Kier molecular flexibility index (Phi) is 6.43. The molecule has 0 aliphatic carbocycles. The van der Waals surface area contributed by atoms with Crippen LogP contribution >= 0.6 is 34.7 Å². The van der Waals surface area contributed by atoms with Crippen molar-refractivity contribution in [2.24, 2.45) is 4.99 Å². The van der Waals surface area contributed by atoms with Crippen molar-refractivity contribution in [3.63, 3.8) is 0 Å². The van der Waals surface area contributed by atoms with Gasteiger partial charge in [0.1, 0.15) is 11.4 Å². The molecule has 0 radical (unpaired) electrons. The molecule has 3 rings (SSSR count). The molecular weight excluding hydrogens is 418 g/mol. The first-order chi connectivity index (χ1) is 13.4. The van der Waals surface area contributed by atoms with Crippen LogP contribution in [0.1, 0.15) is 11.8 Å². The summed E-state index contributed by atoms with van der Waals surface area (Å²) in [6.45, 7) is 1.76. The average Bonchev–Trinajstić information content (AvgIpc) is 3.29. The highest BCUT2D eigenvalue weighted by Crippen LogP contribution is 2.35. The maximum Gasteiger partial charge on any atom is 0.283 e. The zero-order valence-electron chi connectivity index (χ0n) is 15.4. The highest BCUT2D eigenvalue weighted by molar-refractivity contribution is 8.15. The number of rotatable bonds is 5. The predicted molar refractivity (Wildman–Crippen MR) is 116 cm³/mol. The second-order valence-corrected chi connectivity index (χ2v) is 8.47. The van der Waals surface area contributed by atoms with Crippen LogP contribution in [0.2, 0.25) is 5.02 Å². The lowest BCUT2D eigenvalue weighted by Crippen LogP contribution is -2.34. The number of aliphatic imine (C=N–C) groups is 1. The summed E-state index contributed by atoms with van der Waals surface area (Å²) >= 11 is 8.97. The Hall–Kier alpha value is -2.29. The number of methoxy groups -OCH3 is 1. The Bertz CT molecular complexity index is 957. The number of amidine groups is 1. The molecule has 1 aliphatic heterocycles. The number of thiophene rings is 1. The van der Waals surface area contributed by atoms with Gasteiger partial charge in [0.2, 0.25) is 5.91 Å². The number of carbonyl (C=O) groups is 2. The van der Waals surface area contributed by atoms with Crippen LogP contribution in [-0.4, -0.2) is 36.4 Å². The lowest BCUT2D eigenvalue weighted by Gasteiger charge is -2.20. The van der Waals surface area contributed by atoms with Crippen molar-refractivity contribution in [1.82, 2.24) is 5.32 Å². The van der Waals surface area contributed by atoms with Crippen molar-refractivity contribution in [2.75, 3.05) is 19.1 Å². The van der Waals surface area contributed by atoms with Crippen molar-refractivity contribution in [1.29, 1.82) is 0 Å². The van der Waals surface area contributed by atoms with Gasteiger partial charge in [-0.1, -0.05) is 29.4 Å². The van der Waals surface area contributed by atoms with Crippen LogP contribution in [0, 0.1) is 0 Å². The molecule has 0 fully saturated rings. The molecule has 1 N–H and O–H groups in total. The molecule has 0 saturated carbocycles. The topological polar surface area (TPSA) is 71.0 Å². The number of ether oxygens (including phenoxy) is 1. The zero-order valence-corrected chi connectivity index (χ0v) is 17.8. The number of nitrogens with one attached hydrogen (secondary N) is 1. The molecule has 2 amide bonds. The summed E-state index contributed by atoms with van der Waals surface area (Å²) in [5.74, 6) is 0.0843. The van der Waals surface area contributed by atoms with Crippen molar-refractivity contribution in [3.05, 3.63) is 51.3 Å². The Morgan fingerprint density at radius 3 is 2.82 bits per heavy atom. The smallest absolute Gasteiger partial charge is 0.283 e. The third kappa shape index (κ3) is 4.24. The highest BCUT2D eigenvalue weighted by Gasteiger charge is 2.34. The number of nitrogens with zero attached hydrogens (tertiary/aromatic N) is 2. The highest BCUT2D eigenvalue weighted by atomic mass is 35.5. The number of amides is 2. The number of anilines is 1. The van der Waals surface area contributed by atoms with E-state index in [-0.39, 0.29) is 11.8 Å². The number of benzene rings is 1. The fourth-order valence-electron chi connectivity index (χ4n) is 2.52. The second kappa shape index (κ2) is 8.81. The number of hydrogen-bond acceptors (Lipinski definition) is 6. The molecule has 0 spiro atoms. The summed E-state index contributed by atoms with van der Waals surface area (Å²) in [6, 6.07) is 8.89. The first kappa shape index (κ1) is 20.4. The van der Waals surface area contributed by atoms with Crippen molar-refractivity contribution >= 4 is 63.4 Å². The molecule has 1 aromatic heterocycles. The van der Waals surface area contributed by atoms with Crippen LogP contribution in [0.25, 0.3) is 6.08 Å². The summed E-state index contributed by atoms with van der Waals surface area (Å²) in [4.78, 5) is 31.9. The van der Waals surface area contributed by atoms with Gasteiger partial charge in [-0.05, 0) is 42.6 Å². The molecule has 1 atom stereocenters. The maximum absolute atomic E-state index is 13.1. The minimum absolute atomic E-state index is 0.149. The largest absolute Gasteiger partial charge is 0.495 e. The van der Waals surface area contributed by atoms with E-state index < -0.39 is 5.25 Å². The molecule has 0 saturated heterocycles. The van der Waals surface area contributed by atoms with E-state index in [1.165, 1.54) is 35.1 Å². The number of carbonyl (C=O) groups excluding carboxylic acids is 2. The van der Waals surface area contributed by atoms with Crippen molar-refractivity contribution in [2.45, 2.75) is 12.2 Å². The van der Waals surface area contributed by atoms with E-state index >= 15 is 0 Å². The van der Waals surface area contributed by atoms with Gasteiger partial charge in [-0.2, -0.15) is 0 Å². The lowest BCUT2D eigenvalue weighted by atomic mass is 10.2. The predicted octanol–water partition coefficient (Wildman–Crippen LogP) is 4.02. The van der Waals surface area contributed by atoms with E-state index in [9.17, 15) is 9.59 Å². The van der Waals surface area contributed by atoms with E-state index in [1.54, 1.807) is 38.2 Å². The molecule has 2 aromatic rings. The Morgan fingerprint density at radius 2 is 2.21 bits per heavy atom. The molecule has 28 heavy (non-hydrogen) atoms. The second-order valence-electron chi connectivity index (χ2n) is 5.77. The molecular formula is C19H18ClN3O3S2. The van der Waals surface area contributed by atoms with E-state index in [1.807, 2.05) is 17.5 Å². The molecule has 2 heterocycles. The van der Waals surface area contributed by atoms with Crippen LogP contribution in [0.5, 0.6) is 5.75 Å². The van der Waals surface area contributed by atoms with Gasteiger partial charge in [0.05, 0.1) is 23.1 Å². The number of hydrogen-bond donors (Lipinski definition) is 1. The SMILES string of the molecule is CNC(=O)C(C)SC1=N/C(=C\c2cccs2)C(=O)N1c1ccc(OC)c(Cl)c1. The lowest BCUT2D eigenvalue weighted by molar-refractivity contribution is -0.119. The molecule has 1 unspecified atom stereocenters. The fourth-order valence-corrected chi connectivity index (χ4v) is 4.41. The summed E-state index contributed by atoms with van der Waals surface area (Å²) in [6.07, 6.45) is 1.74. The van der Waals surface area contributed by atoms with Crippen LogP contribution < -0.4 is 15.0 Å². The van der Waals surface area contributed by atoms with Gasteiger partial charge in [0, 0.05) is 11.9 Å². The number of thioether (sulfide) groups is 1. The first-order valence-corrected chi connectivity index (χ1v) is 10.5. The van der Waals surface area contributed by atoms with E-state index in [0.29, 0.717) is 27.3 Å². The molecule has 9 heteroatoms. The summed E-state index contributed by atoms with van der Waals surface area (Å²) in [7, 11) is 3.10. The minimum Gasteiger partial charge on any atom is -0.495 e. The molecule has 1 aliphatic rings. The van der Waals surface area contributed by atoms with Crippen molar-refractivity contribution < 1.29 is 14.3 Å². The monoisotopic (exact) mass is 435 g/mol. The normalized spacial score (nSPS) is 16.3. The third-order valence-electron chi connectivity index (χ3n) is 3.94. The van der Waals surface area contributed by atoms with Crippen LogP contribution in [0.4, 0.5) is 5.69 Å². The Morgan fingerprint density at radius 1 is 1.43 bits per heavy atom. The van der Waals surface area contributed by atoms with Gasteiger partial charge >= 0.3 is 0 Å². The van der Waals surface area contributed by atoms with Gasteiger partial charge in [-0.15, -0.1) is 11.3 Å².